The lowest BCUT2D eigenvalue weighted by Crippen LogP contribution is -2.20. The number of halogens is 1. The first-order chi connectivity index (χ1) is 11.0. The summed E-state index contributed by atoms with van der Waals surface area (Å²) in [5, 5.41) is 11.0. The molecule has 1 aromatic heterocycles. The second kappa shape index (κ2) is 5.69. The van der Waals surface area contributed by atoms with Crippen molar-refractivity contribution in [3.8, 4) is 0 Å². The Hall–Kier alpha value is -2.93. The third-order valence-electron chi connectivity index (χ3n) is 3.33. The first-order valence-corrected chi connectivity index (χ1v) is 6.90. The van der Waals surface area contributed by atoms with Gasteiger partial charge in [-0.1, -0.05) is 11.6 Å². The van der Waals surface area contributed by atoms with Gasteiger partial charge in [0.15, 0.2) is 11.4 Å². The molecule has 23 heavy (non-hydrogen) atoms. The standard InChI is InChI=1S/C15H9ClN2O5/c16-10-3-6-14-12(7-10)17(15(20)23-14)8-13(19)9-1-4-11(5-2-9)18(21)22/h1-7H,8H2. The van der Waals surface area contributed by atoms with Crippen LogP contribution in [0.4, 0.5) is 5.69 Å². The molecule has 0 radical (unpaired) electrons. The normalized spacial score (nSPS) is 10.8. The van der Waals surface area contributed by atoms with E-state index >= 15 is 0 Å². The number of nitrogens with zero attached hydrogens (tertiary/aromatic N) is 2. The highest BCUT2D eigenvalue weighted by Gasteiger charge is 2.15. The lowest BCUT2D eigenvalue weighted by molar-refractivity contribution is -0.384. The third-order valence-corrected chi connectivity index (χ3v) is 3.57. The molecule has 0 fully saturated rings. The fourth-order valence-electron chi connectivity index (χ4n) is 2.19. The first kappa shape index (κ1) is 15.0. The zero-order chi connectivity index (χ0) is 16.6. The van der Waals surface area contributed by atoms with E-state index in [9.17, 15) is 19.7 Å². The fourth-order valence-corrected chi connectivity index (χ4v) is 2.36. The number of benzene rings is 2. The SMILES string of the molecule is O=C(Cn1c(=O)oc2ccc(Cl)cc21)c1ccc([N+](=O)[O-])cc1. The number of aromatic nitrogens is 1. The number of rotatable bonds is 4. The third kappa shape index (κ3) is 2.86. The molecule has 1 heterocycles. The highest BCUT2D eigenvalue weighted by atomic mass is 35.5. The van der Waals surface area contributed by atoms with Crippen LogP contribution < -0.4 is 5.76 Å². The van der Waals surface area contributed by atoms with E-state index in [0.717, 1.165) is 0 Å². The minimum absolute atomic E-state index is 0.112. The summed E-state index contributed by atoms with van der Waals surface area (Å²) in [6.07, 6.45) is 0. The predicted octanol–water partition coefficient (Wildman–Crippen LogP) is 3.04. The lowest BCUT2D eigenvalue weighted by Gasteiger charge is -2.02. The minimum Gasteiger partial charge on any atom is -0.408 e. The second-order valence-electron chi connectivity index (χ2n) is 4.79. The molecule has 0 saturated carbocycles. The average Bonchev–Trinajstić information content (AvgIpc) is 2.83. The van der Waals surface area contributed by atoms with Crippen LogP contribution in [-0.2, 0) is 6.54 Å². The van der Waals surface area contributed by atoms with Crippen LogP contribution in [0.5, 0.6) is 0 Å². The van der Waals surface area contributed by atoms with Gasteiger partial charge in [-0.15, -0.1) is 0 Å². The Balaban J connectivity index is 1.94. The van der Waals surface area contributed by atoms with Crippen molar-refractivity contribution in [3.05, 3.63) is 73.7 Å². The zero-order valence-corrected chi connectivity index (χ0v) is 12.3. The van der Waals surface area contributed by atoms with Crippen molar-refractivity contribution in [1.82, 2.24) is 4.57 Å². The fraction of sp³-hybridized carbons (Fsp3) is 0.0667. The van der Waals surface area contributed by atoms with Gasteiger partial charge in [-0.3, -0.25) is 19.5 Å². The molecular weight excluding hydrogens is 324 g/mol. The molecule has 0 aliphatic carbocycles. The molecule has 0 spiro atoms. The quantitative estimate of drug-likeness (QED) is 0.415. The van der Waals surface area contributed by atoms with Crippen LogP contribution in [0.15, 0.2) is 51.7 Å². The number of nitro benzene ring substituents is 1. The molecular formula is C15H9ClN2O5. The van der Waals surface area contributed by atoms with E-state index in [4.69, 9.17) is 16.0 Å². The van der Waals surface area contributed by atoms with Gasteiger partial charge >= 0.3 is 5.76 Å². The first-order valence-electron chi connectivity index (χ1n) is 6.52. The lowest BCUT2D eigenvalue weighted by atomic mass is 10.1. The van der Waals surface area contributed by atoms with E-state index < -0.39 is 10.7 Å². The molecule has 0 atom stereocenters. The van der Waals surface area contributed by atoms with Gasteiger partial charge in [0, 0.05) is 22.7 Å². The van der Waals surface area contributed by atoms with Crippen molar-refractivity contribution in [1.29, 1.82) is 0 Å². The minimum atomic E-state index is -0.669. The summed E-state index contributed by atoms with van der Waals surface area (Å²) < 4.78 is 6.22. The Bertz CT molecular complexity index is 972. The van der Waals surface area contributed by atoms with Crippen LogP contribution >= 0.6 is 11.6 Å². The smallest absolute Gasteiger partial charge is 0.408 e. The number of ketones is 1. The summed E-state index contributed by atoms with van der Waals surface area (Å²) in [6.45, 7) is -0.246. The summed E-state index contributed by atoms with van der Waals surface area (Å²) in [5.41, 5.74) is 0.895. The largest absolute Gasteiger partial charge is 0.420 e. The number of nitro groups is 1. The molecule has 0 N–H and O–H groups in total. The molecule has 0 bridgehead atoms. The summed E-state index contributed by atoms with van der Waals surface area (Å²) in [7, 11) is 0. The van der Waals surface area contributed by atoms with Gasteiger partial charge in [-0.25, -0.2) is 4.79 Å². The maximum Gasteiger partial charge on any atom is 0.420 e. The average molecular weight is 333 g/mol. The highest BCUT2D eigenvalue weighted by molar-refractivity contribution is 6.31. The van der Waals surface area contributed by atoms with Crippen LogP contribution in [0.3, 0.4) is 0 Å². The van der Waals surface area contributed by atoms with Gasteiger partial charge in [-0.05, 0) is 30.3 Å². The van der Waals surface area contributed by atoms with Crippen LogP contribution in [0.1, 0.15) is 10.4 Å². The molecule has 2 aromatic carbocycles. The molecule has 0 saturated heterocycles. The van der Waals surface area contributed by atoms with E-state index in [-0.39, 0.29) is 23.6 Å². The Morgan fingerprint density at radius 3 is 2.57 bits per heavy atom. The maximum atomic E-state index is 12.3. The second-order valence-corrected chi connectivity index (χ2v) is 5.23. The molecule has 116 valence electrons. The highest BCUT2D eigenvalue weighted by Crippen LogP contribution is 2.19. The van der Waals surface area contributed by atoms with Crippen molar-refractivity contribution in [2.45, 2.75) is 6.54 Å². The Morgan fingerprint density at radius 2 is 1.91 bits per heavy atom. The van der Waals surface area contributed by atoms with Crippen molar-refractivity contribution >= 4 is 34.2 Å². The Labute approximate surface area is 133 Å². The van der Waals surface area contributed by atoms with E-state index in [0.29, 0.717) is 16.1 Å². The zero-order valence-electron chi connectivity index (χ0n) is 11.6. The Kier molecular flexibility index (Phi) is 3.71. The van der Waals surface area contributed by atoms with Crippen molar-refractivity contribution in [2.75, 3.05) is 0 Å². The number of carbonyl (C=O) groups excluding carboxylic acids is 1. The molecule has 3 aromatic rings. The van der Waals surface area contributed by atoms with Crippen molar-refractivity contribution in [2.24, 2.45) is 0 Å². The van der Waals surface area contributed by atoms with Gasteiger partial charge in [0.25, 0.3) is 5.69 Å². The summed E-state index contributed by atoms with van der Waals surface area (Å²) >= 11 is 5.89. The van der Waals surface area contributed by atoms with Crippen LogP contribution in [-0.4, -0.2) is 15.3 Å². The van der Waals surface area contributed by atoms with Gasteiger partial charge in [0.05, 0.1) is 17.0 Å². The monoisotopic (exact) mass is 332 g/mol. The van der Waals surface area contributed by atoms with Gasteiger partial charge in [0.2, 0.25) is 0 Å². The van der Waals surface area contributed by atoms with Crippen LogP contribution in [0.2, 0.25) is 5.02 Å². The van der Waals surface area contributed by atoms with Crippen molar-refractivity contribution < 1.29 is 14.1 Å². The summed E-state index contributed by atoms with van der Waals surface area (Å²) in [5.74, 6) is -1.04. The Morgan fingerprint density at radius 1 is 1.22 bits per heavy atom. The van der Waals surface area contributed by atoms with Crippen LogP contribution in [0, 0.1) is 10.1 Å². The number of hydrogen-bond donors (Lipinski definition) is 0. The number of oxazole rings is 1. The van der Waals surface area contributed by atoms with Gasteiger partial charge in [0.1, 0.15) is 0 Å². The molecule has 0 amide bonds. The molecule has 3 rings (SSSR count). The topological polar surface area (TPSA) is 95.3 Å². The van der Waals surface area contributed by atoms with E-state index in [2.05, 4.69) is 0 Å². The number of fused-ring (bicyclic) bond motifs is 1. The molecule has 8 heteroatoms. The molecule has 0 aliphatic rings. The summed E-state index contributed by atoms with van der Waals surface area (Å²) in [4.78, 5) is 34.2. The van der Waals surface area contributed by atoms with Crippen molar-refractivity contribution in [3.63, 3.8) is 0 Å². The number of non-ortho nitro benzene ring substituents is 1. The molecule has 0 aliphatic heterocycles. The number of Topliss-reactive ketones (excluding diaryl/α,β-unsaturated/α-hetero) is 1. The van der Waals surface area contributed by atoms with Gasteiger partial charge < -0.3 is 4.42 Å². The predicted molar refractivity (Wildman–Crippen MR) is 82.9 cm³/mol. The van der Waals surface area contributed by atoms with Crippen LogP contribution in [0.25, 0.3) is 11.1 Å². The number of carbonyl (C=O) groups is 1. The summed E-state index contributed by atoms with van der Waals surface area (Å²) in [6, 6.07) is 9.83. The van der Waals surface area contributed by atoms with Gasteiger partial charge in [-0.2, -0.15) is 0 Å². The molecule has 0 unspecified atom stereocenters. The number of hydrogen-bond acceptors (Lipinski definition) is 5. The van der Waals surface area contributed by atoms with E-state index in [1.165, 1.54) is 34.9 Å². The molecule has 7 nitrogen and oxygen atoms in total. The van der Waals surface area contributed by atoms with E-state index in [1.54, 1.807) is 12.1 Å². The van der Waals surface area contributed by atoms with E-state index in [1.807, 2.05) is 0 Å². The maximum absolute atomic E-state index is 12.3.